The van der Waals surface area contributed by atoms with Gasteiger partial charge in [0.05, 0.1) is 44.9 Å². The molecule has 1 heterocycles. The lowest BCUT2D eigenvalue weighted by molar-refractivity contribution is -0.279. The van der Waals surface area contributed by atoms with E-state index in [0.717, 1.165) is 22.3 Å². The predicted molar refractivity (Wildman–Crippen MR) is 230 cm³/mol. The fourth-order valence-electron chi connectivity index (χ4n) is 6.74. The largest absolute Gasteiger partial charge is 0.461 e. The van der Waals surface area contributed by atoms with E-state index in [1.165, 1.54) is 0 Å². The van der Waals surface area contributed by atoms with Gasteiger partial charge in [0, 0.05) is 0 Å². The third-order valence-electron chi connectivity index (χ3n) is 9.82. The average molecular weight is 854 g/mol. The summed E-state index contributed by atoms with van der Waals surface area (Å²) in [4.78, 5) is 53.7. The highest BCUT2D eigenvalue weighted by Gasteiger charge is 2.49. The molecule has 332 valence electrons. The highest BCUT2D eigenvalue weighted by Crippen LogP contribution is 2.29. The summed E-state index contributed by atoms with van der Waals surface area (Å²) in [5.41, 5.74) is 2.50. The van der Waals surface area contributed by atoms with Crippen molar-refractivity contribution in [3.8, 4) is 0 Å². The minimum Gasteiger partial charge on any atom is -0.461 e. The van der Waals surface area contributed by atoms with E-state index in [9.17, 15) is 24.3 Å². The second-order valence-electron chi connectivity index (χ2n) is 16.4. The van der Waals surface area contributed by atoms with Gasteiger partial charge in [0.15, 0.2) is 6.29 Å². The van der Waals surface area contributed by atoms with Crippen LogP contribution in [0.3, 0.4) is 0 Å². The number of aliphatic hydroxyl groups is 1. The van der Waals surface area contributed by atoms with Crippen LogP contribution in [-0.4, -0.2) is 83.9 Å². The van der Waals surface area contributed by atoms with E-state index in [0.29, 0.717) is 0 Å². The lowest BCUT2D eigenvalue weighted by atomic mass is 9.93. The molecule has 5 rings (SSSR count). The first-order valence-electron chi connectivity index (χ1n) is 20.8. The normalized spacial score (nSPS) is 19.8. The minimum absolute atomic E-state index is 0.0479. The molecule has 0 aromatic heterocycles. The zero-order valence-corrected chi connectivity index (χ0v) is 35.9. The summed E-state index contributed by atoms with van der Waals surface area (Å²) in [5.74, 6) is -2.93. The topological polar surface area (TPSA) is 180 Å². The van der Waals surface area contributed by atoms with Gasteiger partial charge in [-0.1, -0.05) is 135 Å². The van der Waals surface area contributed by atoms with Crippen LogP contribution in [0, 0.1) is 5.92 Å². The maximum Gasteiger partial charge on any atom is 0.414 e. The van der Waals surface area contributed by atoms with Crippen molar-refractivity contribution in [2.75, 3.05) is 6.61 Å². The van der Waals surface area contributed by atoms with Crippen LogP contribution in [0.1, 0.15) is 63.3 Å². The van der Waals surface area contributed by atoms with Crippen molar-refractivity contribution < 1.29 is 52.7 Å². The molecular weight excluding hydrogens is 795 g/mol. The number of nitrogens with one attached hydrogen (secondary N) is 3. The highest BCUT2D eigenvalue weighted by molar-refractivity contribution is 5.99. The minimum atomic E-state index is -1.55. The number of carbonyl (C=O) groups excluding carboxylic acids is 4. The molecule has 0 saturated carbocycles. The number of benzene rings is 4. The number of alkyl carbamates (subject to hydrolysis) is 1. The maximum absolute atomic E-state index is 14.3. The van der Waals surface area contributed by atoms with Crippen molar-refractivity contribution >= 4 is 23.9 Å². The third-order valence-corrected chi connectivity index (χ3v) is 9.82. The maximum atomic E-state index is 14.3. The van der Waals surface area contributed by atoms with Gasteiger partial charge in [-0.25, -0.2) is 4.79 Å². The van der Waals surface area contributed by atoms with Crippen LogP contribution in [0.15, 0.2) is 121 Å². The number of aliphatic hydroxyl groups excluding tert-OH is 1. The van der Waals surface area contributed by atoms with Crippen molar-refractivity contribution in [1.82, 2.24) is 16.0 Å². The van der Waals surface area contributed by atoms with Gasteiger partial charge in [0.1, 0.15) is 36.6 Å². The molecule has 1 aliphatic rings. The molecule has 14 nitrogen and oxygen atoms in total. The molecule has 0 unspecified atom stereocenters. The number of hydrogen-bond acceptors (Lipinski definition) is 12. The standard InChI is InChI=1S/C48H59N3O11/c1-32(2)40(45(54)49-37(44(53)51-47(56)62-48(3,4)5)26-39(52)58-28-34-20-12-7-13-21-34)50-41-43(60-30-36-24-16-9-17-25-36)42(59-29-35-22-14-8-15-23-35)38(61-46(41)55)31-57-27-33-18-10-6-11-19-33/h6-25,32,37-38,40-43,46,50,55H,26-31H2,1-5H3,(H,49,54)(H,51,53,56)/t37-,38+,40-,41+,42+,43+,46-/m0/s1. The summed E-state index contributed by atoms with van der Waals surface area (Å²) < 4.78 is 36.3. The predicted octanol–water partition coefficient (Wildman–Crippen LogP) is 5.74. The van der Waals surface area contributed by atoms with Crippen LogP contribution in [0.25, 0.3) is 0 Å². The number of imide groups is 1. The summed E-state index contributed by atoms with van der Waals surface area (Å²) in [6, 6.07) is 34.0. The molecule has 7 atom stereocenters. The SMILES string of the molecule is CC(C)[C@H](N[C@@H]1[C@@H](OCc2ccccc2)[C@H](OCc2ccccc2)[C@@H](COCc2ccccc2)O[C@@H]1O)C(=O)N[C@@H](CC(=O)OCc1ccccc1)C(=O)NC(=O)OC(C)(C)C. The number of carbonyl (C=O) groups is 4. The van der Waals surface area contributed by atoms with Crippen LogP contribution >= 0.6 is 0 Å². The van der Waals surface area contributed by atoms with Gasteiger partial charge in [-0.05, 0) is 48.9 Å². The molecule has 1 fully saturated rings. The molecule has 4 aromatic rings. The lowest BCUT2D eigenvalue weighted by Gasteiger charge is -2.46. The molecule has 14 heteroatoms. The van der Waals surface area contributed by atoms with Crippen molar-refractivity contribution in [1.29, 1.82) is 0 Å². The molecule has 62 heavy (non-hydrogen) atoms. The quantitative estimate of drug-likeness (QED) is 0.0794. The Hall–Kier alpha value is -5.48. The third kappa shape index (κ3) is 15.5. The van der Waals surface area contributed by atoms with E-state index < -0.39 is 84.5 Å². The molecule has 4 N–H and O–H groups in total. The summed E-state index contributed by atoms with van der Waals surface area (Å²) in [6.45, 7) is 9.04. The Morgan fingerprint density at radius 3 is 1.66 bits per heavy atom. The Kier molecular flexibility index (Phi) is 18.2. The Bertz CT molecular complexity index is 1980. The zero-order valence-electron chi connectivity index (χ0n) is 35.9. The Balaban J connectivity index is 1.39. The second-order valence-corrected chi connectivity index (χ2v) is 16.4. The van der Waals surface area contributed by atoms with Gasteiger partial charge in [-0.2, -0.15) is 0 Å². The number of rotatable bonds is 20. The van der Waals surface area contributed by atoms with E-state index >= 15 is 0 Å². The first kappa shape index (κ1) is 47.6. The van der Waals surface area contributed by atoms with Gasteiger partial charge in [0.2, 0.25) is 5.91 Å². The van der Waals surface area contributed by atoms with E-state index in [1.54, 1.807) is 58.9 Å². The molecule has 1 aliphatic heterocycles. The molecule has 4 aromatic carbocycles. The van der Waals surface area contributed by atoms with E-state index in [-0.39, 0.29) is 33.0 Å². The van der Waals surface area contributed by atoms with Crippen LogP contribution in [0.4, 0.5) is 4.79 Å². The van der Waals surface area contributed by atoms with Gasteiger partial charge >= 0.3 is 12.1 Å². The van der Waals surface area contributed by atoms with Gasteiger partial charge < -0.3 is 38.8 Å². The lowest BCUT2D eigenvalue weighted by Crippen LogP contribution is -2.68. The monoisotopic (exact) mass is 853 g/mol. The molecule has 3 amide bonds. The highest BCUT2D eigenvalue weighted by atomic mass is 16.7. The van der Waals surface area contributed by atoms with Crippen LogP contribution in [0.5, 0.6) is 0 Å². The van der Waals surface area contributed by atoms with Gasteiger partial charge in [-0.15, -0.1) is 0 Å². The van der Waals surface area contributed by atoms with E-state index in [2.05, 4.69) is 16.0 Å². The fraction of sp³-hybridized carbons (Fsp3) is 0.417. The fourth-order valence-corrected chi connectivity index (χ4v) is 6.74. The second kappa shape index (κ2) is 23.7. The molecule has 0 aliphatic carbocycles. The number of ether oxygens (including phenoxy) is 6. The molecular formula is C48H59N3O11. The smallest absolute Gasteiger partial charge is 0.414 e. The van der Waals surface area contributed by atoms with Crippen LogP contribution in [-0.2, 0) is 69.2 Å². The molecule has 0 bridgehead atoms. The molecule has 0 spiro atoms. The van der Waals surface area contributed by atoms with Crippen LogP contribution in [0.2, 0.25) is 0 Å². The van der Waals surface area contributed by atoms with Gasteiger partial charge in [0.25, 0.3) is 5.91 Å². The number of hydrogen-bond donors (Lipinski definition) is 4. The van der Waals surface area contributed by atoms with Crippen molar-refractivity contribution in [3.63, 3.8) is 0 Å². The summed E-state index contributed by atoms with van der Waals surface area (Å²) in [5, 5.41) is 19.8. The van der Waals surface area contributed by atoms with E-state index in [1.807, 2.05) is 97.1 Å². The Labute approximate surface area is 363 Å². The molecule has 1 saturated heterocycles. The number of amides is 3. The summed E-state index contributed by atoms with van der Waals surface area (Å²) in [6.07, 6.45) is -5.71. The number of esters is 1. The zero-order chi connectivity index (χ0) is 44.5. The first-order chi connectivity index (χ1) is 29.8. The Morgan fingerprint density at radius 2 is 1.16 bits per heavy atom. The summed E-state index contributed by atoms with van der Waals surface area (Å²) >= 11 is 0. The summed E-state index contributed by atoms with van der Waals surface area (Å²) in [7, 11) is 0. The average Bonchev–Trinajstić information content (AvgIpc) is 3.24. The van der Waals surface area contributed by atoms with Crippen molar-refractivity contribution in [3.05, 3.63) is 144 Å². The first-order valence-corrected chi connectivity index (χ1v) is 20.8. The Morgan fingerprint density at radius 1 is 0.677 bits per heavy atom. The van der Waals surface area contributed by atoms with Gasteiger partial charge in [-0.3, -0.25) is 25.0 Å². The van der Waals surface area contributed by atoms with Crippen molar-refractivity contribution in [2.24, 2.45) is 5.92 Å². The van der Waals surface area contributed by atoms with Crippen molar-refractivity contribution in [2.45, 2.75) is 116 Å². The van der Waals surface area contributed by atoms with Crippen LogP contribution < -0.4 is 16.0 Å². The molecule has 0 radical (unpaired) electrons. The van der Waals surface area contributed by atoms with E-state index in [4.69, 9.17) is 28.4 Å².